The Hall–Kier alpha value is -5.48. The van der Waals surface area contributed by atoms with Gasteiger partial charge in [0.25, 0.3) is 0 Å². The van der Waals surface area contributed by atoms with Crippen molar-refractivity contribution in [3.05, 3.63) is 144 Å². The summed E-state index contributed by atoms with van der Waals surface area (Å²) in [4.78, 5) is 52.9. The molecule has 0 radical (unpaired) electrons. The van der Waals surface area contributed by atoms with Crippen LogP contribution in [0.15, 0.2) is 121 Å². The first-order chi connectivity index (χ1) is 28.3. The van der Waals surface area contributed by atoms with Crippen LogP contribution in [0.1, 0.15) is 62.3 Å². The van der Waals surface area contributed by atoms with E-state index in [1.54, 1.807) is 115 Å². The normalized spacial score (nSPS) is 22.4. The van der Waals surface area contributed by atoms with E-state index < -0.39 is 67.5 Å². The van der Waals surface area contributed by atoms with Crippen LogP contribution in [0.4, 0.5) is 0 Å². The van der Waals surface area contributed by atoms with Crippen molar-refractivity contribution in [1.29, 1.82) is 0 Å². The predicted molar refractivity (Wildman–Crippen MR) is 206 cm³/mol. The summed E-state index contributed by atoms with van der Waals surface area (Å²) < 4.78 is 54.2. The molecular formula is C44H47NO13. The number of rotatable bonds is 19. The molecule has 14 nitrogen and oxygen atoms in total. The fourth-order valence-corrected chi connectivity index (χ4v) is 6.47. The lowest BCUT2D eigenvalue weighted by atomic mass is 9.98. The molecule has 2 aliphatic rings. The molecule has 58 heavy (non-hydrogen) atoms. The van der Waals surface area contributed by atoms with Crippen LogP contribution < -0.4 is 5.32 Å². The highest BCUT2D eigenvalue weighted by Gasteiger charge is 2.62. The number of ether oxygens (including phenoxy) is 9. The second-order valence-electron chi connectivity index (χ2n) is 13.5. The zero-order chi connectivity index (χ0) is 40.7. The van der Waals surface area contributed by atoms with E-state index in [1.165, 1.54) is 14.2 Å². The molecule has 2 fully saturated rings. The van der Waals surface area contributed by atoms with Gasteiger partial charge in [-0.05, 0) is 49.2 Å². The summed E-state index contributed by atoms with van der Waals surface area (Å²) in [5.41, 5.74) is 1.25. The molecule has 2 saturated heterocycles. The van der Waals surface area contributed by atoms with E-state index in [4.69, 9.17) is 42.6 Å². The minimum atomic E-state index is -1.86. The SMILES string of the molecule is COC(CNC(=O)CCCCCOC1(c2ccccc2)O[C@@H]2O[C@H](COC(=O)c3ccccc3)[C@@H](OC(=O)c3ccccc3)[C@H](OC(=O)c3ccccc3)[C@H]2O1)OC. The molecule has 6 atom stereocenters. The smallest absolute Gasteiger partial charge is 0.338 e. The molecular weight excluding hydrogens is 750 g/mol. The van der Waals surface area contributed by atoms with Gasteiger partial charge < -0.3 is 43.2 Å². The van der Waals surface area contributed by atoms with Crippen LogP contribution in [0.5, 0.6) is 0 Å². The Morgan fingerprint density at radius 3 is 1.76 bits per heavy atom. The topological polar surface area (TPSA) is 163 Å². The maximum atomic E-state index is 13.8. The summed E-state index contributed by atoms with van der Waals surface area (Å²) in [5.74, 6) is -4.09. The number of unbranched alkanes of at least 4 members (excludes halogenated alkanes) is 2. The lowest BCUT2D eigenvalue weighted by Gasteiger charge is -2.41. The molecule has 0 spiro atoms. The van der Waals surface area contributed by atoms with Crippen LogP contribution in [-0.4, -0.2) is 94.8 Å². The lowest BCUT2D eigenvalue weighted by molar-refractivity contribution is -0.367. The minimum Gasteiger partial charge on any atom is -0.459 e. The molecule has 4 aromatic carbocycles. The number of hydrogen-bond acceptors (Lipinski definition) is 13. The van der Waals surface area contributed by atoms with Crippen molar-refractivity contribution in [3.8, 4) is 0 Å². The average molecular weight is 798 g/mol. The van der Waals surface area contributed by atoms with Crippen LogP contribution >= 0.6 is 0 Å². The van der Waals surface area contributed by atoms with Crippen molar-refractivity contribution in [2.24, 2.45) is 0 Å². The highest BCUT2D eigenvalue weighted by Crippen LogP contribution is 2.45. The highest BCUT2D eigenvalue weighted by atomic mass is 16.9. The van der Waals surface area contributed by atoms with Crippen molar-refractivity contribution < 1.29 is 61.8 Å². The van der Waals surface area contributed by atoms with E-state index in [0.29, 0.717) is 36.8 Å². The molecule has 6 rings (SSSR count). The first kappa shape index (κ1) is 42.1. The molecule has 306 valence electrons. The number of esters is 3. The van der Waals surface area contributed by atoms with Crippen LogP contribution in [0, 0.1) is 0 Å². The summed E-state index contributed by atoms with van der Waals surface area (Å²) in [6.45, 7) is -0.0287. The number of amides is 1. The summed E-state index contributed by atoms with van der Waals surface area (Å²) in [6, 6.07) is 33.9. The minimum absolute atomic E-state index is 0.132. The Morgan fingerprint density at radius 2 is 1.19 bits per heavy atom. The second-order valence-corrected chi connectivity index (χ2v) is 13.5. The first-order valence-corrected chi connectivity index (χ1v) is 19.1. The maximum absolute atomic E-state index is 13.8. The third kappa shape index (κ3) is 10.9. The van der Waals surface area contributed by atoms with Gasteiger partial charge in [-0.3, -0.25) is 9.53 Å². The van der Waals surface area contributed by atoms with Crippen LogP contribution in [0.2, 0.25) is 0 Å². The van der Waals surface area contributed by atoms with Crippen molar-refractivity contribution in [2.75, 3.05) is 34.0 Å². The molecule has 4 aromatic rings. The van der Waals surface area contributed by atoms with Gasteiger partial charge >= 0.3 is 23.9 Å². The molecule has 0 aromatic heterocycles. The number of nitrogens with one attached hydrogen (secondary N) is 1. The van der Waals surface area contributed by atoms with Gasteiger partial charge in [0.1, 0.15) is 12.7 Å². The molecule has 0 aliphatic carbocycles. The van der Waals surface area contributed by atoms with Crippen molar-refractivity contribution in [3.63, 3.8) is 0 Å². The molecule has 2 aliphatic heterocycles. The summed E-state index contributed by atoms with van der Waals surface area (Å²) in [7, 11) is 3.00. The van der Waals surface area contributed by atoms with E-state index in [9.17, 15) is 19.2 Å². The zero-order valence-corrected chi connectivity index (χ0v) is 32.3. The van der Waals surface area contributed by atoms with Crippen LogP contribution in [0.3, 0.4) is 0 Å². The van der Waals surface area contributed by atoms with Gasteiger partial charge in [-0.15, -0.1) is 0 Å². The molecule has 0 bridgehead atoms. The molecule has 0 saturated carbocycles. The molecule has 1 amide bonds. The number of benzene rings is 4. The second kappa shape index (κ2) is 20.8. The molecule has 2 heterocycles. The number of fused-ring (bicyclic) bond motifs is 1. The van der Waals surface area contributed by atoms with Crippen molar-refractivity contribution in [2.45, 2.75) is 68.7 Å². The van der Waals surface area contributed by atoms with Gasteiger partial charge in [0, 0.05) is 26.2 Å². The summed E-state index contributed by atoms with van der Waals surface area (Å²) in [6.07, 6.45) is -4.82. The highest BCUT2D eigenvalue weighted by molar-refractivity contribution is 5.91. The molecule has 1 unspecified atom stereocenters. The molecule has 1 N–H and O–H groups in total. The van der Waals surface area contributed by atoms with E-state index in [1.807, 2.05) is 6.07 Å². The van der Waals surface area contributed by atoms with Crippen molar-refractivity contribution >= 4 is 23.8 Å². The monoisotopic (exact) mass is 797 g/mol. The lowest BCUT2D eigenvalue weighted by Crippen LogP contribution is -2.60. The summed E-state index contributed by atoms with van der Waals surface area (Å²) in [5, 5.41) is 2.79. The Kier molecular flexibility index (Phi) is 15.1. The third-order valence-electron chi connectivity index (χ3n) is 9.51. The van der Waals surface area contributed by atoms with Gasteiger partial charge in [-0.25, -0.2) is 14.4 Å². The fraction of sp³-hybridized carbons (Fsp3) is 0.364. The van der Waals surface area contributed by atoms with Crippen LogP contribution in [0.25, 0.3) is 0 Å². The van der Waals surface area contributed by atoms with Gasteiger partial charge in [0.2, 0.25) is 5.91 Å². The summed E-state index contributed by atoms with van der Waals surface area (Å²) >= 11 is 0. The maximum Gasteiger partial charge on any atom is 0.338 e. The standard InChI is InChI=1S/C44H47NO13/c1-50-36(51-2)28-45-35(46)26-16-7-17-27-53-44(33-24-14-6-15-25-33)57-39-38(56-42(49)32-22-12-5-13-23-32)37(55-41(48)31-20-10-4-11-21-31)34(54-43(39)58-44)29-52-40(47)30-18-8-3-9-19-30/h3-6,8-15,18-25,34,36-39,43H,7,16-17,26-29H2,1-2H3,(H,45,46)/t34-,37-,38+,39-,43+,44?/m1/s1. The largest absolute Gasteiger partial charge is 0.459 e. The third-order valence-corrected chi connectivity index (χ3v) is 9.51. The van der Waals surface area contributed by atoms with Crippen LogP contribution in [-0.2, 0) is 53.4 Å². The Labute approximate surface area is 336 Å². The zero-order valence-electron chi connectivity index (χ0n) is 32.3. The first-order valence-electron chi connectivity index (χ1n) is 19.1. The molecule has 14 heteroatoms. The number of carbonyl (C=O) groups excluding carboxylic acids is 4. The van der Waals surface area contributed by atoms with E-state index >= 15 is 0 Å². The Bertz CT molecular complexity index is 1910. The van der Waals surface area contributed by atoms with E-state index in [-0.39, 0.29) is 30.2 Å². The number of hydrogen-bond donors (Lipinski definition) is 1. The predicted octanol–water partition coefficient (Wildman–Crippen LogP) is 5.56. The quantitative estimate of drug-likeness (QED) is 0.0544. The number of carbonyl (C=O) groups is 4. The Balaban J connectivity index is 1.25. The number of methoxy groups -OCH3 is 2. The van der Waals surface area contributed by atoms with E-state index in [0.717, 1.165) is 0 Å². The van der Waals surface area contributed by atoms with Gasteiger partial charge in [-0.2, -0.15) is 0 Å². The van der Waals surface area contributed by atoms with Gasteiger partial charge in [0.15, 0.2) is 30.9 Å². The Morgan fingerprint density at radius 1 is 0.655 bits per heavy atom. The van der Waals surface area contributed by atoms with Gasteiger partial charge in [-0.1, -0.05) is 91.3 Å². The van der Waals surface area contributed by atoms with E-state index in [2.05, 4.69) is 5.32 Å². The van der Waals surface area contributed by atoms with Crippen molar-refractivity contribution in [1.82, 2.24) is 5.32 Å². The average Bonchev–Trinajstić information content (AvgIpc) is 3.65. The van der Waals surface area contributed by atoms with Gasteiger partial charge in [0.05, 0.1) is 29.8 Å². The fourth-order valence-electron chi connectivity index (χ4n) is 6.47.